The van der Waals surface area contributed by atoms with Crippen LogP contribution in [0.15, 0.2) is 42.5 Å². The van der Waals surface area contributed by atoms with Crippen molar-refractivity contribution in [1.82, 2.24) is 0 Å². The fourth-order valence-electron chi connectivity index (χ4n) is 1.99. The Morgan fingerprint density at radius 1 is 1.09 bits per heavy atom. The molecule has 0 unspecified atom stereocenters. The lowest BCUT2D eigenvalue weighted by Crippen LogP contribution is -2.14. The number of nitrogens with one attached hydrogen (secondary N) is 1. The van der Waals surface area contributed by atoms with Crippen molar-refractivity contribution in [2.45, 2.75) is 6.92 Å². The van der Waals surface area contributed by atoms with E-state index in [0.29, 0.717) is 11.3 Å². The summed E-state index contributed by atoms with van der Waals surface area (Å²) in [5.41, 5.74) is 0.944. The number of non-ortho nitro benzene ring substituents is 1. The van der Waals surface area contributed by atoms with Gasteiger partial charge in [-0.05, 0) is 13.0 Å². The highest BCUT2D eigenvalue weighted by Gasteiger charge is 2.13. The van der Waals surface area contributed by atoms with Crippen LogP contribution in [0.25, 0.3) is 0 Å². The summed E-state index contributed by atoms with van der Waals surface area (Å²) in [5.74, 6) is -0.350. The highest BCUT2D eigenvalue weighted by atomic mass is 16.6. The van der Waals surface area contributed by atoms with Gasteiger partial charge in [-0.15, -0.1) is 0 Å². The number of nitro groups is 2. The lowest BCUT2D eigenvalue weighted by Gasteiger charge is -2.07. The van der Waals surface area contributed by atoms with Gasteiger partial charge in [0.15, 0.2) is 5.78 Å². The van der Waals surface area contributed by atoms with Crippen LogP contribution >= 0.6 is 0 Å². The molecule has 1 N–H and O–H groups in total. The van der Waals surface area contributed by atoms with Crippen molar-refractivity contribution < 1.29 is 14.6 Å². The maximum Gasteiger partial charge on any atom is 0.274 e. The minimum atomic E-state index is -0.576. The number of anilines is 1. The molecule has 0 bridgehead atoms. The normalized spacial score (nSPS) is 10.1. The third-order valence-electron chi connectivity index (χ3n) is 3.24. The first-order chi connectivity index (χ1) is 10.9. The summed E-state index contributed by atoms with van der Waals surface area (Å²) in [6.07, 6.45) is 0. The van der Waals surface area contributed by atoms with Gasteiger partial charge in [0.2, 0.25) is 0 Å². The van der Waals surface area contributed by atoms with Crippen molar-refractivity contribution in [2.75, 3.05) is 11.9 Å². The lowest BCUT2D eigenvalue weighted by atomic mass is 10.1. The van der Waals surface area contributed by atoms with Crippen molar-refractivity contribution in [1.29, 1.82) is 0 Å². The van der Waals surface area contributed by atoms with Crippen molar-refractivity contribution in [3.05, 3.63) is 73.8 Å². The Morgan fingerprint density at radius 2 is 1.83 bits per heavy atom. The van der Waals surface area contributed by atoms with E-state index in [1.165, 1.54) is 30.3 Å². The molecule has 0 amide bonds. The fourth-order valence-corrected chi connectivity index (χ4v) is 1.99. The van der Waals surface area contributed by atoms with Crippen LogP contribution in [-0.4, -0.2) is 22.2 Å². The number of rotatable bonds is 6. The lowest BCUT2D eigenvalue weighted by molar-refractivity contribution is -0.385. The summed E-state index contributed by atoms with van der Waals surface area (Å²) < 4.78 is 0. The Balaban J connectivity index is 2.10. The molecule has 23 heavy (non-hydrogen) atoms. The molecule has 2 rings (SSSR count). The molecule has 0 aromatic heterocycles. The Morgan fingerprint density at radius 3 is 2.48 bits per heavy atom. The maximum atomic E-state index is 12.1. The van der Waals surface area contributed by atoms with Gasteiger partial charge >= 0.3 is 0 Å². The second-order valence-electron chi connectivity index (χ2n) is 4.84. The standard InChI is InChI=1S/C15H13N3O5/c1-10-5-6-12(8-14(10)18(22)23)16-9-15(19)11-3-2-4-13(7-11)17(20)21/h2-8,16H,9H2,1H3. The summed E-state index contributed by atoms with van der Waals surface area (Å²) in [7, 11) is 0. The smallest absolute Gasteiger partial charge is 0.274 e. The highest BCUT2D eigenvalue weighted by molar-refractivity contribution is 5.99. The van der Waals surface area contributed by atoms with E-state index in [2.05, 4.69) is 5.32 Å². The van der Waals surface area contributed by atoms with Gasteiger partial charge in [-0.3, -0.25) is 25.0 Å². The molecule has 0 fully saturated rings. The van der Waals surface area contributed by atoms with Crippen molar-refractivity contribution in [3.63, 3.8) is 0 Å². The Hall–Kier alpha value is -3.29. The first-order valence-electron chi connectivity index (χ1n) is 6.65. The zero-order valence-corrected chi connectivity index (χ0v) is 12.2. The molecule has 8 heteroatoms. The van der Waals surface area contributed by atoms with E-state index in [0.717, 1.165) is 0 Å². The molecule has 2 aromatic rings. The van der Waals surface area contributed by atoms with Gasteiger partial charge in [-0.1, -0.05) is 18.2 Å². The first kappa shape index (κ1) is 16.1. The van der Waals surface area contributed by atoms with Crippen LogP contribution in [0.2, 0.25) is 0 Å². The number of carbonyl (C=O) groups is 1. The number of benzene rings is 2. The molecular weight excluding hydrogens is 302 g/mol. The second-order valence-corrected chi connectivity index (χ2v) is 4.84. The van der Waals surface area contributed by atoms with Gasteiger partial charge in [0.1, 0.15) is 0 Å². The molecule has 0 spiro atoms. The summed E-state index contributed by atoms with van der Waals surface area (Å²) in [5, 5.41) is 24.4. The zero-order valence-electron chi connectivity index (χ0n) is 12.2. The summed E-state index contributed by atoms with van der Waals surface area (Å²) in [4.78, 5) is 32.6. The second kappa shape index (κ2) is 6.65. The van der Waals surface area contributed by atoms with E-state index in [4.69, 9.17) is 0 Å². The van der Waals surface area contributed by atoms with E-state index in [-0.39, 0.29) is 29.3 Å². The van der Waals surface area contributed by atoms with Crippen molar-refractivity contribution in [3.8, 4) is 0 Å². The molecule has 0 aliphatic rings. The SMILES string of the molecule is Cc1ccc(NCC(=O)c2cccc([N+](=O)[O-])c2)cc1[N+](=O)[O-]. The van der Waals surface area contributed by atoms with Gasteiger partial charge < -0.3 is 5.32 Å². The number of Topliss-reactive ketones (excluding diaryl/α,β-unsaturated/α-hetero) is 1. The average Bonchev–Trinajstić information content (AvgIpc) is 2.53. The monoisotopic (exact) mass is 315 g/mol. The van der Waals surface area contributed by atoms with Crippen LogP contribution in [0.4, 0.5) is 17.1 Å². The predicted octanol–water partition coefficient (Wildman–Crippen LogP) is 3.11. The first-order valence-corrected chi connectivity index (χ1v) is 6.65. The number of carbonyl (C=O) groups excluding carboxylic acids is 1. The van der Waals surface area contributed by atoms with E-state index in [1.54, 1.807) is 19.1 Å². The summed E-state index contributed by atoms with van der Waals surface area (Å²) in [6, 6.07) is 9.96. The quantitative estimate of drug-likeness (QED) is 0.497. The number of ketones is 1. The van der Waals surface area contributed by atoms with E-state index in [9.17, 15) is 25.0 Å². The Kier molecular flexibility index (Phi) is 4.65. The van der Waals surface area contributed by atoms with Crippen LogP contribution < -0.4 is 5.32 Å². The summed E-state index contributed by atoms with van der Waals surface area (Å²) >= 11 is 0. The van der Waals surface area contributed by atoms with Gasteiger partial charge in [-0.25, -0.2) is 0 Å². The highest BCUT2D eigenvalue weighted by Crippen LogP contribution is 2.22. The molecular formula is C15H13N3O5. The Labute approximate surface area is 131 Å². The third-order valence-corrected chi connectivity index (χ3v) is 3.24. The van der Waals surface area contributed by atoms with Gasteiger partial charge in [0.25, 0.3) is 11.4 Å². The summed E-state index contributed by atoms with van der Waals surface area (Å²) in [6.45, 7) is 1.50. The van der Waals surface area contributed by atoms with Gasteiger partial charge in [0.05, 0.1) is 16.4 Å². The fraction of sp³-hybridized carbons (Fsp3) is 0.133. The van der Waals surface area contributed by atoms with Crippen LogP contribution in [-0.2, 0) is 0 Å². The van der Waals surface area contributed by atoms with E-state index in [1.807, 2.05) is 0 Å². The van der Waals surface area contributed by atoms with Gasteiger partial charge in [0, 0.05) is 35.0 Å². The average molecular weight is 315 g/mol. The molecule has 8 nitrogen and oxygen atoms in total. The molecule has 2 aromatic carbocycles. The van der Waals surface area contributed by atoms with Crippen LogP contribution in [0, 0.1) is 27.2 Å². The van der Waals surface area contributed by atoms with Gasteiger partial charge in [-0.2, -0.15) is 0 Å². The molecule has 0 saturated carbocycles. The van der Waals surface area contributed by atoms with Crippen LogP contribution in [0.3, 0.4) is 0 Å². The largest absolute Gasteiger partial charge is 0.377 e. The number of hydrogen-bond donors (Lipinski definition) is 1. The maximum absolute atomic E-state index is 12.1. The molecule has 0 aliphatic carbocycles. The molecule has 0 radical (unpaired) electrons. The molecule has 0 heterocycles. The van der Waals surface area contributed by atoms with Crippen LogP contribution in [0.5, 0.6) is 0 Å². The number of nitro benzene ring substituents is 2. The number of aryl methyl sites for hydroxylation is 1. The Bertz CT molecular complexity index is 788. The van der Waals surface area contributed by atoms with Crippen molar-refractivity contribution >= 4 is 22.8 Å². The number of nitrogens with zero attached hydrogens (tertiary/aromatic N) is 2. The van der Waals surface area contributed by atoms with E-state index >= 15 is 0 Å². The topological polar surface area (TPSA) is 115 Å². The molecule has 118 valence electrons. The third kappa shape index (κ3) is 3.88. The number of hydrogen-bond acceptors (Lipinski definition) is 6. The minimum absolute atomic E-state index is 0.0437. The predicted molar refractivity (Wildman–Crippen MR) is 83.8 cm³/mol. The van der Waals surface area contributed by atoms with Crippen LogP contribution in [0.1, 0.15) is 15.9 Å². The minimum Gasteiger partial charge on any atom is -0.377 e. The molecule has 0 saturated heterocycles. The van der Waals surface area contributed by atoms with E-state index < -0.39 is 9.85 Å². The van der Waals surface area contributed by atoms with Crippen molar-refractivity contribution in [2.24, 2.45) is 0 Å². The molecule has 0 aliphatic heterocycles. The molecule has 0 atom stereocenters. The zero-order chi connectivity index (χ0) is 17.0.